The zero-order chi connectivity index (χ0) is 20.5. The standard InChI is InChI=1S/C19H23BrN4O3S/c1-5-26-16-9-17(27-6-2)15(20)8-14(16)10-21-24-18(25)11-28-19-22-12(3)7-13(4)23-19/h7-10H,5-6,11H2,1-4H3,(H,24,25)/b21-10-. The fourth-order valence-corrected chi connectivity index (χ4v) is 3.51. The molecular formula is C19H23BrN4O3S. The molecule has 28 heavy (non-hydrogen) atoms. The molecule has 0 aliphatic rings. The van der Waals surface area contributed by atoms with Gasteiger partial charge < -0.3 is 9.47 Å². The first kappa shape index (κ1) is 22.2. The number of rotatable bonds is 9. The summed E-state index contributed by atoms with van der Waals surface area (Å²) in [7, 11) is 0. The third kappa shape index (κ3) is 6.79. The van der Waals surface area contributed by atoms with Gasteiger partial charge in [0.15, 0.2) is 5.16 Å². The highest BCUT2D eigenvalue weighted by atomic mass is 79.9. The number of hydrogen-bond acceptors (Lipinski definition) is 7. The second-order valence-electron chi connectivity index (χ2n) is 5.70. The number of carbonyl (C=O) groups is 1. The van der Waals surface area contributed by atoms with Gasteiger partial charge in [-0.25, -0.2) is 15.4 Å². The number of thioether (sulfide) groups is 1. The van der Waals surface area contributed by atoms with Gasteiger partial charge in [-0.15, -0.1) is 0 Å². The lowest BCUT2D eigenvalue weighted by molar-refractivity contribution is -0.118. The van der Waals surface area contributed by atoms with Crippen molar-refractivity contribution in [2.75, 3.05) is 19.0 Å². The van der Waals surface area contributed by atoms with Gasteiger partial charge in [-0.05, 0) is 55.8 Å². The van der Waals surface area contributed by atoms with Gasteiger partial charge in [0.05, 0.1) is 29.7 Å². The normalized spacial score (nSPS) is 10.9. The molecule has 0 aliphatic heterocycles. The van der Waals surface area contributed by atoms with Crippen LogP contribution in [0.15, 0.2) is 32.9 Å². The van der Waals surface area contributed by atoms with E-state index in [1.165, 1.54) is 11.8 Å². The Hall–Kier alpha value is -2.13. The zero-order valence-corrected chi connectivity index (χ0v) is 18.7. The number of nitrogens with one attached hydrogen (secondary N) is 1. The summed E-state index contributed by atoms with van der Waals surface area (Å²) in [5.74, 6) is 1.25. The summed E-state index contributed by atoms with van der Waals surface area (Å²) in [4.78, 5) is 20.6. The monoisotopic (exact) mass is 466 g/mol. The van der Waals surface area contributed by atoms with Crippen LogP contribution >= 0.6 is 27.7 Å². The number of benzene rings is 1. The second kappa shape index (κ2) is 11.0. The van der Waals surface area contributed by atoms with Gasteiger partial charge in [0.25, 0.3) is 5.91 Å². The summed E-state index contributed by atoms with van der Waals surface area (Å²) in [5.41, 5.74) is 4.98. The van der Waals surface area contributed by atoms with E-state index in [0.29, 0.717) is 29.9 Å². The van der Waals surface area contributed by atoms with Gasteiger partial charge >= 0.3 is 0 Å². The maximum Gasteiger partial charge on any atom is 0.250 e. The van der Waals surface area contributed by atoms with E-state index in [-0.39, 0.29) is 11.7 Å². The van der Waals surface area contributed by atoms with E-state index in [4.69, 9.17) is 9.47 Å². The Balaban J connectivity index is 1.98. The molecule has 0 radical (unpaired) electrons. The van der Waals surface area contributed by atoms with Crippen LogP contribution in [0.3, 0.4) is 0 Å². The molecule has 2 rings (SSSR count). The Morgan fingerprint density at radius 3 is 2.43 bits per heavy atom. The molecule has 1 amide bonds. The molecule has 1 N–H and O–H groups in total. The molecule has 0 bridgehead atoms. The van der Waals surface area contributed by atoms with Crippen LogP contribution in [0, 0.1) is 13.8 Å². The SMILES string of the molecule is CCOc1cc(OCC)c(/C=N\NC(=O)CSc2nc(C)cc(C)n2)cc1Br. The number of hydrogen-bond donors (Lipinski definition) is 1. The van der Waals surface area contributed by atoms with E-state index in [9.17, 15) is 4.79 Å². The molecule has 0 atom stereocenters. The molecule has 2 aromatic rings. The smallest absolute Gasteiger partial charge is 0.250 e. The Labute approximate surface area is 177 Å². The van der Waals surface area contributed by atoms with Crippen LogP contribution in [0.4, 0.5) is 0 Å². The highest BCUT2D eigenvalue weighted by molar-refractivity contribution is 9.10. The van der Waals surface area contributed by atoms with Crippen molar-refractivity contribution in [3.8, 4) is 11.5 Å². The van der Waals surface area contributed by atoms with Gasteiger partial charge in [-0.1, -0.05) is 11.8 Å². The van der Waals surface area contributed by atoms with Crippen LogP contribution in [0.25, 0.3) is 0 Å². The molecule has 150 valence electrons. The molecule has 1 heterocycles. The van der Waals surface area contributed by atoms with E-state index in [2.05, 4.69) is 36.4 Å². The Kier molecular flexibility index (Phi) is 8.72. The van der Waals surface area contributed by atoms with Crippen molar-refractivity contribution in [2.45, 2.75) is 32.9 Å². The van der Waals surface area contributed by atoms with Crippen LogP contribution in [0.5, 0.6) is 11.5 Å². The number of ether oxygens (including phenoxy) is 2. The number of halogens is 1. The fourth-order valence-electron chi connectivity index (χ4n) is 2.29. The predicted molar refractivity (Wildman–Crippen MR) is 114 cm³/mol. The highest BCUT2D eigenvalue weighted by Gasteiger charge is 2.10. The topological polar surface area (TPSA) is 85.7 Å². The van der Waals surface area contributed by atoms with Crippen molar-refractivity contribution >= 4 is 39.8 Å². The largest absolute Gasteiger partial charge is 0.493 e. The summed E-state index contributed by atoms with van der Waals surface area (Å²) in [6, 6.07) is 5.52. The number of carbonyl (C=O) groups excluding carboxylic acids is 1. The van der Waals surface area contributed by atoms with Crippen LogP contribution in [0.2, 0.25) is 0 Å². The molecule has 7 nitrogen and oxygen atoms in total. The first-order valence-electron chi connectivity index (χ1n) is 8.79. The van der Waals surface area contributed by atoms with Crippen LogP contribution < -0.4 is 14.9 Å². The van der Waals surface area contributed by atoms with Crippen LogP contribution in [-0.4, -0.2) is 41.1 Å². The number of amides is 1. The third-order valence-electron chi connectivity index (χ3n) is 3.35. The van der Waals surface area contributed by atoms with Gasteiger partial charge in [-0.2, -0.15) is 5.10 Å². The number of aryl methyl sites for hydroxylation is 2. The Bertz CT molecular complexity index is 841. The lowest BCUT2D eigenvalue weighted by Gasteiger charge is -2.12. The summed E-state index contributed by atoms with van der Waals surface area (Å²) in [6.07, 6.45) is 1.54. The van der Waals surface area contributed by atoms with Gasteiger partial charge in [0.2, 0.25) is 0 Å². The minimum absolute atomic E-state index is 0.172. The maximum absolute atomic E-state index is 12.0. The van der Waals surface area contributed by atoms with Crippen molar-refractivity contribution in [3.63, 3.8) is 0 Å². The van der Waals surface area contributed by atoms with Crippen LogP contribution in [0.1, 0.15) is 30.8 Å². The Morgan fingerprint density at radius 2 is 1.79 bits per heavy atom. The number of nitrogens with zero attached hydrogens (tertiary/aromatic N) is 3. The average Bonchev–Trinajstić information content (AvgIpc) is 2.63. The summed E-state index contributed by atoms with van der Waals surface area (Å²) >= 11 is 4.74. The average molecular weight is 467 g/mol. The quantitative estimate of drug-likeness (QED) is 0.261. The zero-order valence-electron chi connectivity index (χ0n) is 16.3. The third-order valence-corrected chi connectivity index (χ3v) is 4.82. The van der Waals surface area contributed by atoms with Crippen molar-refractivity contribution < 1.29 is 14.3 Å². The van der Waals surface area contributed by atoms with Gasteiger partial charge in [0.1, 0.15) is 11.5 Å². The summed E-state index contributed by atoms with van der Waals surface area (Å²) in [6.45, 7) is 8.67. The molecule has 9 heteroatoms. The minimum Gasteiger partial charge on any atom is -0.493 e. The Morgan fingerprint density at radius 1 is 1.14 bits per heavy atom. The molecule has 1 aromatic heterocycles. The maximum atomic E-state index is 12.0. The van der Waals surface area contributed by atoms with Crippen LogP contribution in [-0.2, 0) is 4.79 Å². The van der Waals surface area contributed by atoms with Crippen molar-refractivity contribution in [2.24, 2.45) is 5.10 Å². The molecule has 0 spiro atoms. The van der Waals surface area contributed by atoms with Crippen molar-refractivity contribution in [1.82, 2.24) is 15.4 Å². The molecule has 0 saturated carbocycles. The van der Waals surface area contributed by atoms with E-state index in [1.54, 1.807) is 12.3 Å². The molecule has 0 fully saturated rings. The summed E-state index contributed by atoms with van der Waals surface area (Å²) in [5, 5.41) is 4.60. The second-order valence-corrected chi connectivity index (χ2v) is 7.50. The first-order valence-corrected chi connectivity index (χ1v) is 10.6. The minimum atomic E-state index is -0.244. The van der Waals surface area contributed by atoms with Gasteiger partial charge in [0, 0.05) is 23.0 Å². The van der Waals surface area contributed by atoms with E-state index < -0.39 is 0 Å². The van der Waals surface area contributed by atoms with E-state index in [1.807, 2.05) is 39.8 Å². The molecular weight excluding hydrogens is 444 g/mol. The number of hydrazone groups is 1. The molecule has 0 aliphatic carbocycles. The number of aromatic nitrogens is 2. The molecule has 1 aromatic carbocycles. The lowest BCUT2D eigenvalue weighted by atomic mass is 10.2. The van der Waals surface area contributed by atoms with Crippen molar-refractivity contribution in [1.29, 1.82) is 0 Å². The molecule has 0 unspecified atom stereocenters. The van der Waals surface area contributed by atoms with E-state index in [0.717, 1.165) is 21.4 Å². The summed E-state index contributed by atoms with van der Waals surface area (Å²) < 4.78 is 12.0. The molecule has 0 saturated heterocycles. The fraction of sp³-hybridized carbons (Fsp3) is 0.368. The first-order chi connectivity index (χ1) is 13.4. The van der Waals surface area contributed by atoms with E-state index >= 15 is 0 Å². The highest BCUT2D eigenvalue weighted by Crippen LogP contribution is 2.32. The lowest BCUT2D eigenvalue weighted by Crippen LogP contribution is -2.20. The van der Waals surface area contributed by atoms with Gasteiger partial charge in [-0.3, -0.25) is 4.79 Å². The van der Waals surface area contributed by atoms with Crippen molar-refractivity contribution in [3.05, 3.63) is 39.6 Å². The predicted octanol–water partition coefficient (Wildman–Crippen LogP) is 3.90.